The number of esters is 1. The fourth-order valence-electron chi connectivity index (χ4n) is 3.50. The monoisotopic (exact) mass is 387 g/mol. The van der Waals surface area contributed by atoms with E-state index in [0.717, 1.165) is 11.4 Å². The minimum Gasteiger partial charge on any atom is -0.485 e. The molecule has 0 aliphatic carbocycles. The van der Waals surface area contributed by atoms with Crippen LogP contribution in [0.1, 0.15) is 34.7 Å². The molecule has 2 aromatic rings. The summed E-state index contributed by atoms with van der Waals surface area (Å²) in [5, 5.41) is 0. The van der Waals surface area contributed by atoms with Crippen LogP contribution in [0.5, 0.6) is 11.5 Å². The molecule has 2 heterocycles. The number of para-hydroxylation sites is 2. The van der Waals surface area contributed by atoms with E-state index in [2.05, 4.69) is 0 Å². The molecular weight excluding hydrogens is 362 g/mol. The highest BCUT2D eigenvalue weighted by Crippen LogP contribution is 2.31. The Labute approximate surface area is 164 Å². The van der Waals surface area contributed by atoms with E-state index in [1.165, 1.54) is 0 Å². The minimum absolute atomic E-state index is 0.0487. The molecule has 0 fully saturated rings. The molecule has 0 unspecified atom stereocenters. The van der Waals surface area contributed by atoms with Gasteiger partial charge in [0.2, 0.25) is 11.9 Å². The first-order chi connectivity index (χ1) is 13.4. The zero-order valence-electron chi connectivity index (χ0n) is 16.6. The summed E-state index contributed by atoms with van der Waals surface area (Å²) >= 11 is 0. The van der Waals surface area contributed by atoms with Crippen LogP contribution in [-0.4, -0.2) is 49.4 Å². The maximum Gasteiger partial charge on any atom is 0.351 e. The summed E-state index contributed by atoms with van der Waals surface area (Å²) in [4.78, 5) is 24.9. The van der Waals surface area contributed by atoms with Crippen LogP contribution in [0.25, 0.3) is 0 Å². The highest BCUT2D eigenvalue weighted by molar-refractivity contribution is 5.99. The number of hydrogen-bond acceptors (Lipinski definition) is 6. The van der Waals surface area contributed by atoms with Crippen molar-refractivity contribution in [3.63, 3.8) is 0 Å². The van der Waals surface area contributed by atoms with Gasteiger partial charge in [-0.1, -0.05) is 12.1 Å². The number of carbonyl (C=O) groups is 2. The molecule has 2 atom stereocenters. The number of nitrogens with zero attached hydrogens (tertiary/aromatic N) is 1. The maximum absolute atomic E-state index is 12.6. The van der Waals surface area contributed by atoms with Gasteiger partial charge in [-0.2, -0.15) is 0 Å². The average Bonchev–Trinajstić information content (AvgIpc) is 2.99. The SMILES string of the molecule is COC[C@@H](C)n1c(C)cc(C(=O)COC(=O)[C@H]2COc3ccccc3O2)c1C. The summed E-state index contributed by atoms with van der Waals surface area (Å²) in [6, 6.07) is 9.01. The highest BCUT2D eigenvalue weighted by atomic mass is 16.6. The van der Waals surface area contributed by atoms with Gasteiger partial charge >= 0.3 is 5.97 Å². The molecule has 0 saturated carbocycles. The minimum atomic E-state index is -0.892. The molecule has 1 aliphatic heterocycles. The number of benzene rings is 1. The second-order valence-electron chi connectivity index (χ2n) is 6.85. The fraction of sp³-hybridized carbons (Fsp3) is 0.429. The third-order valence-electron chi connectivity index (χ3n) is 4.75. The number of rotatable bonds is 7. The lowest BCUT2D eigenvalue weighted by Crippen LogP contribution is -2.38. The van der Waals surface area contributed by atoms with Crippen LogP contribution in [0.3, 0.4) is 0 Å². The topological polar surface area (TPSA) is 76.0 Å². The third-order valence-corrected chi connectivity index (χ3v) is 4.75. The molecule has 7 heteroatoms. The van der Waals surface area contributed by atoms with Crippen molar-refractivity contribution < 1.29 is 28.5 Å². The molecule has 1 aromatic carbocycles. The number of aromatic nitrogens is 1. The molecule has 0 spiro atoms. The Morgan fingerprint density at radius 1 is 1.25 bits per heavy atom. The summed E-state index contributed by atoms with van der Waals surface area (Å²) < 4.78 is 23.6. The molecule has 3 rings (SSSR count). The van der Waals surface area contributed by atoms with Crippen LogP contribution in [0.2, 0.25) is 0 Å². The predicted octanol–water partition coefficient (Wildman–Crippen LogP) is 2.88. The number of Topliss-reactive ketones (excluding diaryl/α,β-unsaturated/α-hetero) is 1. The van der Waals surface area contributed by atoms with Crippen LogP contribution in [-0.2, 0) is 14.3 Å². The van der Waals surface area contributed by atoms with Crippen molar-refractivity contribution in [2.24, 2.45) is 0 Å². The molecule has 1 aromatic heterocycles. The van der Waals surface area contributed by atoms with Gasteiger partial charge in [-0.15, -0.1) is 0 Å². The number of carbonyl (C=O) groups excluding carboxylic acids is 2. The molecule has 1 aliphatic rings. The molecule has 28 heavy (non-hydrogen) atoms. The van der Waals surface area contributed by atoms with Gasteiger partial charge in [0, 0.05) is 24.1 Å². The van der Waals surface area contributed by atoms with Gasteiger partial charge in [0.15, 0.2) is 18.1 Å². The molecule has 0 saturated heterocycles. The Morgan fingerprint density at radius 2 is 1.96 bits per heavy atom. The number of fused-ring (bicyclic) bond motifs is 1. The number of ketones is 1. The Bertz CT molecular complexity index is 872. The molecule has 150 valence electrons. The Morgan fingerprint density at radius 3 is 2.68 bits per heavy atom. The Kier molecular flexibility index (Phi) is 6.04. The van der Waals surface area contributed by atoms with Crippen LogP contribution in [0.4, 0.5) is 0 Å². The summed E-state index contributed by atoms with van der Waals surface area (Å²) in [6.45, 7) is 6.09. The van der Waals surface area contributed by atoms with Crippen molar-refractivity contribution >= 4 is 11.8 Å². The molecule has 0 amide bonds. The lowest BCUT2D eigenvalue weighted by Gasteiger charge is -2.24. The van der Waals surface area contributed by atoms with Gasteiger partial charge in [0.1, 0.15) is 6.61 Å². The Balaban J connectivity index is 1.62. The molecule has 0 bridgehead atoms. The van der Waals surface area contributed by atoms with E-state index in [0.29, 0.717) is 23.7 Å². The van der Waals surface area contributed by atoms with Crippen molar-refractivity contribution in [1.82, 2.24) is 4.57 Å². The van der Waals surface area contributed by atoms with Crippen molar-refractivity contribution in [2.45, 2.75) is 32.9 Å². The summed E-state index contributed by atoms with van der Waals surface area (Å²) in [5.41, 5.74) is 2.33. The first kappa shape index (κ1) is 19.9. The van der Waals surface area contributed by atoms with E-state index in [9.17, 15) is 9.59 Å². The molecule has 0 radical (unpaired) electrons. The summed E-state index contributed by atoms with van der Waals surface area (Å²) in [5.74, 6) is 0.191. The third kappa shape index (κ3) is 4.04. The quantitative estimate of drug-likeness (QED) is 0.537. The normalized spacial score (nSPS) is 16.5. The summed E-state index contributed by atoms with van der Waals surface area (Å²) in [7, 11) is 1.64. The second-order valence-corrected chi connectivity index (χ2v) is 6.85. The number of aryl methyl sites for hydroxylation is 1. The van der Waals surface area contributed by atoms with E-state index >= 15 is 0 Å². The van der Waals surface area contributed by atoms with Gasteiger partial charge in [-0.25, -0.2) is 4.79 Å². The van der Waals surface area contributed by atoms with E-state index in [1.54, 1.807) is 25.3 Å². The molecule has 7 nitrogen and oxygen atoms in total. The van der Waals surface area contributed by atoms with Gasteiger partial charge in [0.25, 0.3) is 0 Å². The van der Waals surface area contributed by atoms with Crippen molar-refractivity contribution in [2.75, 3.05) is 26.9 Å². The van der Waals surface area contributed by atoms with Crippen LogP contribution in [0, 0.1) is 13.8 Å². The summed E-state index contributed by atoms with van der Waals surface area (Å²) in [6.07, 6.45) is -0.892. The van der Waals surface area contributed by atoms with Crippen LogP contribution < -0.4 is 9.47 Å². The zero-order chi connectivity index (χ0) is 20.3. The van der Waals surface area contributed by atoms with E-state index in [-0.39, 0.29) is 25.0 Å². The first-order valence-corrected chi connectivity index (χ1v) is 9.18. The van der Waals surface area contributed by atoms with E-state index in [1.807, 2.05) is 37.5 Å². The van der Waals surface area contributed by atoms with E-state index in [4.69, 9.17) is 18.9 Å². The molecule has 0 N–H and O–H groups in total. The van der Waals surface area contributed by atoms with Crippen LogP contribution in [0.15, 0.2) is 30.3 Å². The first-order valence-electron chi connectivity index (χ1n) is 9.18. The number of hydrogen-bond donors (Lipinski definition) is 0. The van der Waals surface area contributed by atoms with Crippen molar-refractivity contribution in [1.29, 1.82) is 0 Å². The number of methoxy groups -OCH3 is 1. The van der Waals surface area contributed by atoms with E-state index < -0.39 is 12.1 Å². The Hall–Kier alpha value is -2.80. The van der Waals surface area contributed by atoms with Gasteiger partial charge in [0.05, 0.1) is 12.6 Å². The zero-order valence-corrected chi connectivity index (χ0v) is 16.6. The van der Waals surface area contributed by atoms with Gasteiger partial charge in [-0.05, 0) is 39.0 Å². The lowest BCUT2D eigenvalue weighted by molar-refractivity contribution is -0.153. The molecular formula is C21H25NO6. The largest absolute Gasteiger partial charge is 0.485 e. The predicted molar refractivity (Wildman–Crippen MR) is 102 cm³/mol. The second kappa shape index (κ2) is 8.48. The van der Waals surface area contributed by atoms with Crippen LogP contribution >= 0.6 is 0 Å². The van der Waals surface area contributed by atoms with Crippen molar-refractivity contribution in [3.05, 3.63) is 47.3 Å². The smallest absolute Gasteiger partial charge is 0.351 e. The average molecular weight is 387 g/mol. The maximum atomic E-state index is 12.6. The van der Waals surface area contributed by atoms with Crippen molar-refractivity contribution in [3.8, 4) is 11.5 Å². The van der Waals surface area contributed by atoms with Gasteiger partial charge in [-0.3, -0.25) is 4.79 Å². The lowest BCUT2D eigenvalue weighted by atomic mass is 10.1. The standard InChI is InChI=1S/C21H25NO6/c1-13-9-16(15(3)22(13)14(2)10-25-4)17(23)11-27-21(24)20-12-26-18-7-5-6-8-19(18)28-20/h5-9,14,20H,10-12H2,1-4H3/t14-,20-/m1/s1. The van der Waals surface area contributed by atoms with Gasteiger partial charge < -0.3 is 23.5 Å². The highest BCUT2D eigenvalue weighted by Gasteiger charge is 2.29. The fourth-order valence-corrected chi connectivity index (χ4v) is 3.50. The number of ether oxygens (including phenoxy) is 4.